The van der Waals surface area contributed by atoms with Gasteiger partial charge in [0.05, 0.1) is 10.7 Å². The van der Waals surface area contributed by atoms with Crippen molar-refractivity contribution in [1.29, 1.82) is 0 Å². The number of amides is 1. The van der Waals surface area contributed by atoms with E-state index in [4.69, 9.17) is 5.73 Å². The summed E-state index contributed by atoms with van der Waals surface area (Å²) in [4.78, 5) is 21.2. The van der Waals surface area contributed by atoms with E-state index in [2.05, 4.69) is 4.72 Å². The average molecular weight is 315 g/mol. The highest BCUT2D eigenvalue weighted by Gasteiger charge is 2.25. The Balaban J connectivity index is 2.85. The molecule has 0 saturated heterocycles. The lowest BCUT2D eigenvalue weighted by Gasteiger charge is -2.18. The van der Waals surface area contributed by atoms with E-state index in [1.807, 2.05) is 0 Å². The normalized spacial score (nSPS) is 13.1. The fraction of sp³-hybridized carbons (Fsp3) is 0.417. The van der Waals surface area contributed by atoms with Crippen LogP contribution in [0.15, 0.2) is 24.3 Å². The zero-order valence-corrected chi connectivity index (χ0v) is 12.5. The molecule has 0 radical (unpaired) electrons. The molecular weight excluding hydrogens is 298 g/mol. The van der Waals surface area contributed by atoms with Crippen LogP contribution in [0.5, 0.6) is 0 Å². The highest BCUT2D eigenvalue weighted by atomic mass is 32.2. The van der Waals surface area contributed by atoms with Gasteiger partial charge in [-0.3, -0.25) is 14.9 Å². The van der Waals surface area contributed by atoms with E-state index < -0.39 is 26.9 Å². The molecule has 1 amide bonds. The molecule has 0 heterocycles. The molecule has 0 aliphatic heterocycles. The first-order valence-electron chi connectivity index (χ1n) is 6.15. The Morgan fingerprint density at radius 1 is 1.33 bits per heavy atom. The number of non-ortho nitro benzene ring substituents is 1. The number of nitrogens with two attached hydrogens (primary N) is 1. The third kappa shape index (κ3) is 5.12. The minimum atomic E-state index is -3.78. The third-order valence-electron chi connectivity index (χ3n) is 2.78. The highest BCUT2D eigenvalue weighted by Crippen LogP contribution is 2.14. The first-order valence-corrected chi connectivity index (χ1v) is 7.80. The van der Waals surface area contributed by atoms with Crippen molar-refractivity contribution in [2.75, 3.05) is 0 Å². The molecule has 0 saturated carbocycles. The maximum absolute atomic E-state index is 12.0. The van der Waals surface area contributed by atoms with Gasteiger partial charge in [-0.15, -0.1) is 0 Å². The summed E-state index contributed by atoms with van der Waals surface area (Å²) in [6.07, 6.45) is 0. The van der Waals surface area contributed by atoms with Gasteiger partial charge < -0.3 is 5.73 Å². The van der Waals surface area contributed by atoms with Gasteiger partial charge >= 0.3 is 0 Å². The van der Waals surface area contributed by atoms with Gasteiger partial charge in [0, 0.05) is 12.1 Å². The Morgan fingerprint density at radius 2 is 1.86 bits per heavy atom. The molecule has 1 atom stereocenters. The summed E-state index contributed by atoms with van der Waals surface area (Å²) in [5.74, 6) is -1.42. The lowest BCUT2D eigenvalue weighted by Crippen LogP contribution is -2.47. The monoisotopic (exact) mass is 315 g/mol. The molecule has 0 aromatic heterocycles. The maximum Gasteiger partial charge on any atom is 0.269 e. The van der Waals surface area contributed by atoms with Gasteiger partial charge in [-0.05, 0) is 11.5 Å². The van der Waals surface area contributed by atoms with Crippen molar-refractivity contribution in [3.63, 3.8) is 0 Å². The van der Waals surface area contributed by atoms with Gasteiger partial charge in [-0.1, -0.05) is 26.0 Å². The van der Waals surface area contributed by atoms with Gasteiger partial charge in [-0.25, -0.2) is 13.1 Å². The molecule has 1 aromatic rings. The standard InChI is InChI=1S/C12H17N3O5S/c1-8(2)11(12(13)16)14-21(19,20)7-9-3-5-10(6-4-9)15(17)18/h3-6,8,11,14H,7H2,1-2H3,(H2,13,16)/t11-/m0/s1. The number of hydrogen-bond donors (Lipinski definition) is 2. The molecule has 0 aliphatic rings. The Hall–Kier alpha value is -2.00. The summed E-state index contributed by atoms with van der Waals surface area (Å²) in [6.45, 7) is 3.34. The largest absolute Gasteiger partial charge is 0.368 e. The Morgan fingerprint density at radius 3 is 2.24 bits per heavy atom. The summed E-state index contributed by atoms with van der Waals surface area (Å²) < 4.78 is 26.2. The Bertz CT molecular complexity index is 625. The number of nitrogens with one attached hydrogen (secondary N) is 1. The van der Waals surface area contributed by atoms with Crippen LogP contribution in [0.2, 0.25) is 0 Å². The van der Waals surface area contributed by atoms with E-state index in [-0.39, 0.29) is 17.4 Å². The molecule has 0 fully saturated rings. The van der Waals surface area contributed by atoms with Crippen LogP contribution in [0, 0.1) is 16.0 Å². The second kappa shape index (κ2) is 6.64. The van der Waals surface area contributed by atoms with E-state index in [0.29, 0.717) is 5.56 Å². The number of primary amides is 1. The predicted octanol–water partition coefficient (Wildman–Crippen LogP) is 0.524. The predicted molar refractivity (Wildman–Crippen MR) is 76.7 cm³/mol. The molecule has 8 nitrogen and oxygen atoms in total. The summed E-state index contributed by atoms with van der Waals surface area (Å²) in [5.41, 5.74) is 5.40. The first-order chi connectivity index (χ1) is 9.62. The van der Waals surface area contributed by atoms with Crippen LogP contribution in [-0.2, 0) is 20.6 Å². The summed E-state index contributed by atoms with van der Waals surface area (Å²) in [6, 6.07) is 4.16. The van der Waals surface area contributed by atoms with E-state index >= 15 is 0 Å². The van der Waals surface area contributed by atoms with Crippen molar-refractivity contribution in [3.8, 4) is 0 Å². The van der Waals surface area contributed by atoms with Crippen molar-refractivity contribution in [1.82, 2.24) is 4.72 Å². The van der Waals surface area contributed by atoms with E-state index in [1.165, 1.54) is 24.3 Å². The number of nitro groups is 1. The number of hydrogen-bond acceptors (Lipinski definition) is 5. The Labute approximate surface area is 122 Å². The van der Waals surface area contributed by atoms with Gasteiger partial charge in [-0.2, -0.15) is 0 Å². The Kier molecular flexibility index (Phi) is 5.39. The first kappa shape index (κ1) is 17.1. The van der Waals surface area contributed by atoms with Gasteiger partial charge in [0.25, 0.3) is 5.69 Å². The minimum Gasteiger partial charge on any atom is -0.368 e. The second-order valence-corrected chi connectivity index (χ2v) is 6.68. The molecule has 0 spiro atoms. The number of nitro benzene ring substituents is 1. The van der Waals surface area contributed by atoms with Crippen LogP contribution in [0.3, 0.4) is 0 Å². The fourth-order valence-electron chi connectivity index (χ4n) is 1.69. The highest BCUT2D eigenvalue weighted by molar-refractivity contribution is 7.88. The van der Waals surface area contributed by atoms with Crippen LogP contribution in [0.25, 0.3) is 0 Å². The molecule has 21 heavy (non-hydrogen) atoms. The minimum absolute atomic E-state index is 0.124. The second-order valence-electron chi connectivity index (χ2n) is 4.92. The van der Waals surface area contributed by atoms with Crippen molar-refractivity contribution in [3.05, 3.63) is 39.9 Å². The number of sulfonamides is 1. The van der Waals surface area contributed by atoms with Gasteiger partial charge in [0.2, 0.25) is 15.9 Å². The number of benzene rings is 1. The zero-order chi connectivity index (χ0) is 16.2. The van der Waals surface area contributed by atoms with Crippen molar-refractivity contribution in [2.45, 2.75) is 25.6 Å². The van der Waals surface area contributed by atoms with Crippen LogP contribution >= 0.6 is 0 Å². The van der Waals surface area contributed by atoms with Crippen molar-refractivity contribution in [2.24, 2.45) is 11.7 Å². The number of carbonyl (C=O) groups is 1. The van der Waals surface area contributed by atoms with E-state index in [1.54, 1.807) is 13.8 Å². The van der Waals surface area contributed by atoms with Crippen LogP contribution < -0.4 is 10.5 Å². The SMILES string of the molecule is CC(C)[C@H](NS(=O)(=O)Cc1ccc([N+](=O)[O-])cc1)C(N)=O. The number of carbonyl (C=O) groups excluding carboxylic acids is 1. The smallest absolute Gasteiger partial charge is 0.269 e. The van der Waals surface area contributed by atoms with Gasteiger partial charge in [0.1, 0.15) is 6.04 Å². The lowest BCUT2D eigenvalue weighted by atomic mass is 10.1. The fourth-order valence-corrected chi connectivity index (χ4v) is 3.18. The van der Waals surface area contributed by atoms with Gasteiger partial charge in [0.15, 0.2) is 0 Å². The zero-order valence-electron chi connectivity index (χ0n) is 11.6. The quantitative estimate of drug-likeness (QED) is 0.559. The van der Waals surface area contributed by atoms with Crippen molar-refractivity contribution >= 4 is 21.6 Å². The number of nitrogens with zero attached hydrogens (tertiary/aromatic N) is 1. The van der Waals surface area contributed by atoms with Crippen LogP contribution in [-0.4, -0.2) is 25.3 Å². The van der Waals surface area contributed by atoms with Crippen molar-refractivity contribution < 1.29 is 18.1 Å². The lowest BCUT2D eigenvalue weighted by molar-refractivity contribution is -0.384. The molecule has 3 N–H and O–H groups in total. The van der Waals surface area contributed by atoms with Crippen LogP contribution in [0.4, 0.5) is 5.69 Å². The molecule has 0 aliphatic carbocycles. The molecule has 116 valence electrons. The molecule has 0 unspecified atom stereocenters. The topological polar surface area (TPSA) is 132 Å². The van der Waals surface area contributed by atoms with Crippen LogP contribution in [0.1, 0.15) is 19.4 Å². The maximum atomic E-state index is 12.0. The molecule has 0 bridgehead atoms. The average Bonchev–Trinajstić information content (AvgIpc) is 2.35. The number of rotatable bonds is 7. The molecule has 1 aromatic carbocycles. The van der Waals surface area contributed by atoms with E-state index in [0.717, 1.165) is 0 Å². The summed E-state index contributed by atoms with van der Waals surface area (Å²) >= 11 is 0. The summed E-state index contributed by atoms with van der Waals surface area (Å²) in [5, 5.41) is 10.5. The summed E-state index contributed by atoms with van der Waals surface area (Å²) in [7, 11) is -3.78. The molecule has 1 rings (SSSR count). The third-order valence-corrected chi connectivity index (χ3v) is 4.11. The molecule has 9 heteroatoms. The van der Waals surface area contributed by atoms with E-state index in [9.17, 15) is 23.3 Å². The molecular formula is C12H17N3O5S.